The van der Waals surface area contributed by atoms with E-state index in [1.165, 1.54) is 24.7 Å². The van der Waals surface area contributed by atoms with Crippen molar-refractivity contribution in [3.8, 4) is 46.6 Å². The van der Waals surface area contributed by atoms with Gasteiger partial charge in [-0.3, -0.25) is 0 Å². The average Bonchev–Trinajstić information content (AvgIpc) is 3.68. The Morgan fingerprint density at radius 1 is 0.622 bits per heavy atom. The Morgan fingerprint density at radius 3 is 1.41 bits per heavy atom. The quantitative estimate of drug-likeness (QED) is 0.421. The lowest BCUT2D eigenvalue weighted by Gasteiger charge is -2.33. The van der Waals surface area contributed by atoms with Crippen LogP contribution in [-0.4, -0.2) is 26.4 Å². The van der Waals surface area contributed by atoms with Crippen LogP contribution in [0, 0.1) is 22.7 Å². The number of benzene rings is 2. The molecule has 4 aliphatic heterocycles. The Labute approximate surface area is 215 Å². The number of hydrogen-bond acceptors (Lipinski definition) is 8. The van der Waals surface area contributed by atoms with Gasteiger partial charge in [-0.15, -0.1) is 0 Å². The summed E-state index contributed by atoms with van der Waals surface area (Å²) in [6.45, 7) is 6.43. The molecule has 0 N–H and O–H groups in total. The van der Waals surface area contributed by atoms with Crippen LogP contribution in [0.2, 0.25) is 0 Å². The van der Waals surface area contributed by atoms with E-state index in [9.17, 15) is 0 Å². The lowest BCUT2D eigenvalue weighted by molar-refractivity contribution is 0.332. The van der Waals surface area contributed by atoms with Gasteiger partial charge in [-0.1, -0.05) is 13.8 Å². The molecule has 0 atom stereocenters. The minimum atomic E-state index is -0.719. The highest BCUT2D eigenvalue weighted by Crippen LogP contribution is 2.59. The summed E-state index contributed by atoms with van der Waals surface area (Å²) >= 11 is 0. The van der Waals surface area contributed by atoms with Crippen LogP contribution in [0.5, 0.6) is 34.5 Å². The van der Waals surface area contributed by atoms with Crippen molar-refractivity contribution in [2.45, 2.75) is 44.9 Å². The number of allylic oxidation sites excluding steroid dienone is 2. The first-order valence-corrected chi connectivity index (χ1v) is 12.5. The van der Waals surface area contributed by atoms with Crippen LogP contribution in [0.25, 0.3) is 0 Å². The lowest BCUT2D eigenvalue weighted by atomic mass is 9.73. The molecule has 8 nitrogen and oxygen atoms in total. The van der Waals surface area contributed by atoms with Gasteiger partial charge in [0.05, 0.1) is 50.7 Å². The fraction of sp³-hybridized carbons (Fsp3) is 0.379. The highest BCUT2D eigenvalue weighted by Gasteiger charge is 2.45. The number of fused-ring (bicyclic) bond motifs is 6. The number of rotatable bonds is 6. The van der Waals surface area contributed by atoms with E-state index in [4.69, 9.17) is 38.9 Å². The molecule has 4 heterocycles. The molecule has 0 radical (unpaired) electrons. The third-order valence-corrected chi connectivity index (χ3v) is 7.40. The van der Waals surface area contributed by atoms with Gasteiger partial charge in [-0.2, -0.15) is 10.5 Å². The molecule has 0 unspecified atom stereocenters. The zero-order valence-corrected chi connectivity index (χ0v) is 20.8. The van der Waals surface area contributed by atoms with Crippen LogP contribution >= 0.6 is 0 Å². The molecule has 0 spiro atoms. The van der Waals surface area contributed by atoms with Crippen molar-refractivity contribution in [2.24, 2.45) is 0 Å². The number of ether oxygens (including phenoxy) is 6. The zero-order valence-electron chi connectivity index (χ0n) is 20.8. The first-order valence-electron chi connectivity index (χ1n) is 12.5. The van der Waals surface area contributed by atoms with Gasteiger partial charge < -0.3 is 28.4 Å². The fourth-order valence-corrected chi connectivity index (χ4v) is 5.97. The van der Waals surface area contributed by atoms with Crippen molar-refractivity contribution >= 4 is 0 Å². The van der Waals surface area contributed by atoms with E-state index in [2.05, 4.69) is 13.8 Å². The second-order valence-electron chi connectivity index (χ2n) is 9.76. The summed E-state index contributed by atoms with van der Waals surface area (Å²) in [5, 5.41) is 18.2. The predicted molar refractivity (Wildman–Crippen MR) is 133 cm³/mol. The molecular weight excluding hydrogens is 472 g/mol. The third-order valence-electron chi connectivity index (χ3n) is 7.40. The number of nitriles is 2. The van der Waals surface area contributed by atoms with E-state index in [0.717, 1.165) is 69.2 Å². The molecule has 188 valence electrons. The molecule has 8 heteroatoms. The highest BCUT2D eigenvalue weighted by atomic mass is 16.5. The molecule has 6 rings (SSSR count). The molecule has 0 aliphatic carbocycles. The molecule has 0 fully saturated rings. The van der Waals surface area contributed by atoms with Crippen molar-refractivity contribution in [1.29, 1.82) is 10.5 Å². The monoisotopic (exact) mass is 498 g/mol. The van der Waals surface area contributed by atoms with Crippen LogP contribution in [0.3, 0.4) is 0 Å². The van der Waals surface area contributed by atoms with Crippen LogP contribution < -0.4 is 28.4 Å². The topological polar surface area (TPSA) is 103 Å². The van der Waals surface area contributed by atoms with Gasteiger partial charge in [-0.25, -0.2) is 0 Å². The Kier molecular flexibility index (Phi) is 5.61. The maximum atomic E-state index is 9.09. The second-order valence-corrected chi connectivity index (χ2v) is 9.76. The molecule has 4 aliphatic rings. The maximum Gasteiger partial charge on any atom is 0.141 e. The van der Waals surface area contributed by atoms with Gasteiger partial charge in [0, 0.05) is 64.5 Å². The van der Waals surface area contributed by atoms with E-state index < -0.39 is 5.41 Å². The Morgan fingerprint density at radius 2 is 1.00 bits per heavy atom. The standard InChI is InChI=1S/C29H26N2O6/c1-29(2,21-25(32-11-3-9-30)17-5-13-34-23(17)19-7-15-36-27(19)21)22-26(33-12-4-10-31)18-6-14-35-24(18)20-8-16-37-28(20)22/h3-4,11-12H,5-8,13-16H2,1-2H3. The van der Waals surface area contributed by atoms with E-state index in [1.54, 1.807) is 0 Å². The highest BCUT2D eigenvalue weighted by molar-refractivity contribution is 5.74. The minimum Gasteiger partial charge on any atom is -0.492 e. The third kappa shape index (κ3) is 3.48. The summed E-state index contributed by atoms with van der Waals surface area (Å²) in [6, 6.07) is 3.98. The SMILES string of the molecule is CC(C)(c1c(OC=CC#N)c2c(c3c1OCC3)OCC2)c1c(OC=CC#N)c2c(c3c1OCC3)OCC2. The van der Waals surface area contributed by atoms with E-state index in [-0.39, 0.29) is 0 Å². The van der Waals surface area contributed by atoms with Gasteiger partial charge in [-0.05, 0) is 0 Å². The van der Waals surface area contributed by atoms with Gasteiger partial charge in [0.25, 0.3) is 0 Å². The van der Waals surface area contributed by atoms with Gasteiger partial charge in [0.2, 0.25) is 0 Å². The predicted octanol–water partition coefficient (Wildman–Crippen LogP) is 4.58. The van der Waals surface area contributed by atoms with Crippen LogP contribution in [0.4, 0.5) is 0 Å². The zero-order chi connectivity index (χ0) is 25.6. The molecular formula is C29H26N2O6. The van der Waals surface area contributed by atoms with E-state index in [0.29, 0.717) is 50.8 Å². The fourth-order valence-electron chi connectivity index (χ4n) is 5.97. The first-order chi connectivity index (χ1) is 18.1. The molecule has 0 amide bonds. The van der Waals surface area contributed by atoms with Crippen LogP contribution in [-0.2, 0) is 31.1 Å². The first kappa shape index (κ1) is 23.1. The van der Waals surface area contributed by atoms with Crippen molar-refractivity contribution < 1.29 is 28.4 Å². The smallest absolute Gasteiger partial charge is 0.141 e. The van der Waals surface area contributed by atoms with Crippen molar-refractivity contribution in [3.63, 3.8) is 0 Å². The Bertz CT molecular complexity index is 1330. The van der Waals surface area contributed by atoms with Crippen molar-refractivity contribution in [2.75, 3.05) is 26.4 Å². The molecule has 0 aromatic heterocycles. The normalized spacial score (nSPS) is 16.6. The molecule has 0 bridgehead atoms. The summed E-state index contributed by atoms with van der Waals surface area (Å²) in [5.74, 6) is 4.40. The summed E-state index contributed by atoms with van der Waals surface area (Å²) < 4.78 is 36.9. The van der Waals surface area contributed by atoms with Crippen LogP contribution in [0.15, 0.2) is 24.7 Å². The molecule has 0 saturated carbocycles. The van der Waals surface area contributed by atoms with Crippen molar-refractivity contribution in [1.82, 2.24) is 0 Å². The van der Waals surface area contributed by atoms with Gasteiger partial charge in [0.1, 0.15) is 47.0 Å². The maximum absolute atomic E-state index is 9.09. The van der Waals surface area contributed by atoms with Crippen LogP contribution in [0.1, 0.15) is 47.2 Å². The molecule has 2 aromatic carbocycles. The summed E-state index contributed by atoms with van der Waals surface area (Å²) in [7, 11) is 0. The number of hydrogen-bond donors (Lipinski definition) is 0. The lowest BCUT2D eigenvalue weighted by Crippen LogP contribution is -2.24. The van der Waals surface area contributed by atoms with Gasteiger partial charge >= 0.3 is 0 Å². The number of nitrogens with zero attached hydrogens (tertiary/aromatic N) is 2. The molecule has 2 aromatic rings. The Hall–Kier alpha value is -4.30. The summed E-state index contributed by atoms with van der Waals surface area (Å²) in [6.07, 6.45) is 8.30. The average molecular weight is 499 g/mol. The second kappa shape index (κ2) is 8.97. The van der Waals surface area contributed by atoms with E-state index in [1.807, 2.05) is 12.1 Å². The van der Waals surface area contributed by atoms with Gasteiger partial charge in [0.15, 0.2) is 0 Å². The molecule has 0 saturated heterocycles. The largest absolute Gasteiger partial charge is 0.492 e. The Balaban J connectivity index is 1.65. The molecule has 37 heavy (non-hydrogen) atoms. The van der Waals surface area contributed by atoms with E-state index >= 15 is 0 Å². The minimum absolute atomic E-state index is 0.548. The van der Waals surface area contributed by atoms with Crippen molar-refractivity contribution in [3.05, 3.63) is 58.1 Å². The summed E-state index contributed by atoms with van der Waals surface area (Å²) in [5.41, 5.74) is 5.04. The summed E-state index contributed by atoms with van der Waals surface area (Å²) in [4.78, 5) is 0.